The van der Waals surface area contributed by atoms with Crippen molar-refractivity contribution >= 4 is 62.3 Å². The molecule has 1 fully saturated rings. The van der Waals surface area contributed by atoms with Gasteiger partial charge in [-0.2, -0.15) is 0 Å². The molecule has 1 saturated heterocycles. The maximum absolute atomic E-state index is 13.0. The fraction of sp³-hybridized carbons (Fsp3) is 0.167. The number of nitrogens with zero attached hydrogens (tertiary/aromatic N) is 2. The van der Waals surface area contributed by atoms with Crippen molar-refractivity contribution in [1.82, 2.24) is 0 Å². The fourth-order valence-corrected chi connectivity index (χ4v) is 4.20. The zero-order valence-electron chi connectivity index (χ0n) is 13.2. The van der Waals surface area contributed by atoms with Gasteiger partial charge in [-0.1, -0.05) is 62.5 Å². The van der Waals surface area contributed by atoms with Crippen LogP contribution in [0.1, 0.15) is 18.4 Å². The summed E-state index contributed by atoms with van der Waals surface area (Å²) in [4.78, 5) is 32.2. The molecule has 8 heteroatoms. The van der Waals surface area contributed by atoms with Crippen LogP contribution in [0.25, 0.3) is 0 Å². The lowest BCUT2D eigenvalue weighted by Gasteiger charge is -2.19. The molecule has 2 aromatic rings. The first-order valence-electron chi connectivity index (χ1n) is 7.73. The molecule has 0 aliphatic carbocycles. The standard InChI is InChI=1S/C18H11BrCl2N2O3/c19-14-4-2-1-3-13(14)15-8-18(26-22-15)9-16(24)23(17(18)25)12-6-10(20)5-11(21)7-12/h1-7H,8-9H2. The van der Waals surface area contributed by atoms with Crippen molar-refractivity contribution in [2.45, 2.75) is 18.4 Å². The van der Waals surface area contributed by atoms with Crippen molar-refractivity contribution in [2.75, 3.05) is 4.90 Å². The van der Waals surface area contributed by atoms with Crippen molar-refractivity contribution in [1.29, 1.82) is 0 Å². The normalized spacial score (nSPS) is 22.1. The highest BCUT2D eigenvalue weighted by Crippen LogP contribution is 2.41. The van der Waals surface area contributed by atoms with Gasteiger partial charge >= 0.3 is 0 Å². The van der Waals surface area contributed by atoms with Gasteiger partial charge in [0.1, 0.15) is 0 Å². The van der Waals surface area contributed by atoms with E-state index in [9.17, 15) is 9.59 Å². The summed E-state index contributed by atoms with van der Waals surface area (Å²) in [6, 6.07) is 12.1. The van der Waals surface area contributed by atoms with E-state index in [1.165, 1.54) is 18.2 Å². The molecule has 0 radical (unpaired) electrons. The molecule has 0 N–H and O–H groups in total. The molecule has 1 unspecified atom stereocenters. The molecule has 1 spiro atoms. The quantitative estimate of drug-likeness (QED) is 0.625. The number of hydrogen-bond donors (Lipinski definition) is 0. The van der Waals surface area contributed by atoms with Gasteiger partial charge in [-0.15, -0.1) is 0 Å². The van der Waals surface area contributed by atoms with Crippen LogP contribution in [0, 0.1) is 0 Å². The number of hydrogen-bond acceptors (Lipinski definition) is 4. The number of halogens is 3. The van der Waals surface area contributed by atoms with Gasteiger partial charge in [-0.05, 0) is 24.3 Å². The van der Waals surface area contributed by atoms with E-state index in [4.69, 9.17) is 28.0 Å². The average Bonchev–Trinajstić information content (AvgIpc) is 3.09. The van der Waals surface area contributed by atoms with Gasteiger partial charge in [0, 0.05) is 26.5 Å². The van der Waals surface area contributed by atoms with Gasteiger partial charge in [0.15, 0.2) is 0 Å². The molecule has 2 aliphatic rings. The first kappa shape index (κ1) is 17.5. The van der Waals surface area contributed by atoms with Crippen molar-refractivity contribution in [3.8, 4) is 0 Å². The molecule has 2 heterocycles. The van der Waals surface area contributed by atoms with E-state index in [-0.39, 0.29) is 18.7 Å². The minimum Gasteiger partial charge on any atom is -0.378 e. The molecule has 2 amide bonds. The Bertz CT molecular complexity index is 958. The van der Waals surface area contributed by atoms with Crippen LogP contribution in [0.5, 0.6) is 0 Å². The summed E-state index contributed by atoms with van der Waals surface area (Å²) in [6.07, 6.45) is 0.123. The lowest BCUT2D eigenvalue weighted by atomic mass is 9.92. The highest BCUT2D eigenvalue weighted by atomic mass is 79.9. The smallest absolute Gasteiger partial charge is 0.281 e. The number of rotatable bonds is 2. The zero-order chi connectivity index (χ0) is 18.5. The second-order valence-corrected chi connectivity index (χ2v) is 7.85. The number of benzene rings is 2. The fourth-order valence-electron chi connectivity index (χ4n) is 3.17. The van der Waals surface area contributed by atoms with Crippen LogP contribution in [0.2, 0.25) is 10.0 Å². The molecule has 5 nitrogen and oxygen atoms in total. The second-order valence-electron chi connectivity index (χ2n) is 6.12. The lowest BCUT2D eigenvalue weighted by molar-refractivity contribution is -0.136. The van der Waals surface area contributed by atoms with Crippen molar-refractivity contribution in [3.63, 3.8) is 0 Å². The number of amides is 2. The highest BCUT2D eigenvalue weighted by Gasteiger charge is 2.58. The van der Waals surface area contributed by atoms with Crippen molar-refractivity contribution in [3.05, 3.63) is 62.5 Å². The topological polar surface area (TPSA) is 59.0 Å². The summed E-state index contributed by atoms with van der Waals surface area (Å²) in [5.74, 6) is -0.844. The number of carbonyl (C=O) groups excluding carboxylic acids is 2. The summed E-state index contributed by atoms with van der Waals surface area (Å²) in [7, 11) is 0. The molecule has 2 aromatic carbocycles. The Labute approximate surface area is 167 Å². The molecule has 2 aliphatic heterocycles. The molecule has 132 valence electrons. The Morgan fingerprint density at radius 2 is 1.77 bits per heavy atom. The lowest BCUT2D eigenvalue weighted by Crippen LogP contribution is -2.40. The summed E-state index contributed by atoms with van der Waals surface area (Å²) >= 11 is 15.5. The van der Waals surface area contributed by atoms with Crippen LogP contribution in [-0.4, -0.2) is 23.1 Å². The minimum atomic E-state index is -1.32. The average molecular weight is 454 g/mol. The first-order chi connectivity index (χ1) is 12.4. The predicted octanol–water partition coefficient (Wildman–Crippen LogP) is 4.58. The molecule has 0 saturated carbocycles. The summed E-state index contributed by atoms with van der Waals surface area (Å²) in [6.45, 7) is 0. The van der Waals surface area contributed by atoms with Crippen LogP contribution in [0.3, 0.4) is 0 Å². The van der Waals surface area contributed by atoms with E-state index in [0.29, 0.717) is 21.4 Å². The van der Waals surface area contributed by atoms with E-state index < -0.39 is 11.5 Å². The van der Waals surface area contributed by atoms with Gasteiger partial charge in [-0.25, -0.2) is 4.90 Å². The number of anilines is 1. The van der Waals surface area contributed by atoms with E-state index in [2.05, 4.69) is 21.1 Å². The Kier molecular flexibility index (Phi) is 4.29. The Hall–Kier alpha value is -1.89. The van der Waals surface area contributed by atoms with E-state index in [1.54, 1.807) is 0 Å². The first-order valence-corrected chi connectivity index (χ1v) is 9.28. The van der Waals surface area contributed by atoms with Gasteiger partial charge in [0.25, 0.3) is 5.91 Å². The third kappa shape index (κ3) is 2.82. The number of imide groups is 1. The predicted molar refractivity (Wildman–Crippen MR) is 103 cm³/mol. The SMILES string of the molecule is O=C1CC2(CC(c3ccccc3Br)=NO2)C(=O)N1c1cc(Cl)cc(Cl)c1. The number of carbonyl (C=O) groups is 2. The van der Waals surface area contributed by atoms with Crippen LogP contribution < -0.4 is 4.90 Å². The van der Waals surface area contributed by atoms with Crippen molar-refractivity contribution in [2.24, 2.45) is 5.16 Å². The van der Waals surface area contributed by atoms with E-state index >= 15 is 0 Å². The minimum absolute atomic E-state index is 0.0899. The van der Waals surface area contributed by atoms with Gasteiger partial charge in [-0.3, -0.25) is 9.59 Å². The summed E-state index contributed by atoms with van der Waals surface area (Å²) in [5.41, 5.74) is 0.446. The summed E-state index contributed by atoms with van der Waals surface area (Å²) in [5, 5.41) is 4.76. The molecular weight excluding hydrogens is 443 g/mol. The monoisotopic (exact) mass is 452 g/mol. The maximum Gasteiger partial charge on any atom is 0.281 e. The summed E-state index contributed by atoms with van der Waals surface area (Å²) < 4.78 is 0.842. The second kappa shape index (κ2) is 6.37. The van der Waals surface area contributed by atoms with E-state index in [0.717, 1.165) is 14.9 Å². The van der Waals surface area contributed by atoms with Gasteiger partial charge in [0.2, 0.25) is 11.5 Å². The van der Waals surface area contributed by atoms with Crippen LogP contribution in [0.4, 0.5) is 5.69 Å². The van der Waals surface area contributed by atoms with Crippen LogP contribution in [0.15, 0.2) is 52.1 Å². The van der Waals surface area contributed by atoms with Gasteiger partial charge < -0.3 is 4.84 Å². The molecular formula is C18H11BrCl2N2O3. The Morgan fingerprint density at radius 1 is 1.08 bits per heavy atom. The molecule has 1 atom stereocenters. The molecule has 4 rings (SSSR count). The number of oxime groups is 1. The third-order valence-electron chi connectivity index (χ3n) is 4.35. The van der Waals surface area contributed by atoms with Gasteiger partial charge in [0.05, 0.1) is 17.8 Å². The molecule has 0 bridgehead atoms. The Morgan fingerprint density at radius 3 is 2.46 bits per heavy atom. The maximum atomic E-state index is 13.0. The Balaban J connectivity index is 1.65. The third-order valence-corrected chi connectivity index (χ3v) is 5.48. The highest BCUT2D eigenvalue weighted by molar-refractivity contribution is 9.10. The zero-order valence-corrected chi connectivity index (χ0v) is 16.3. The molecule has 26 heavy (non-hydrogen) atoms. The largest absolute Gasteiger partial charge is 0.378 e. The van der Waals surface area contributed by atoms with Crippen LogP contribution >= 0.6 is 39.1 Å². The van der Waals surface area contributed by atoms with Crippen molar-refractivity contribution < 1.29 is 14.4 Å². The van der Waals surface area contributed by atoms with Crippen LogP contribution in [-0.2, 0) is 14.4 Å². The molecule has 0 aromatic heterocycles. The van der Waals surface area contributed by atoms with E-state index in [1.807, 2.05) is 24.3 Å².